The van der Waals surface area contributed by atoms with Gasteiger partial charge in [-0.3, -0.25) is 9.59 Å². The van der Waals surface area contributed by atoms with E-state index >= 15 is 0 Å². The molecule has 0 N–H and O–H groups in total. The van der Waals surface area contributed by atoms with Crippen molar-refractivity contribution in [3.63, 3.8) is 0 Å². The van der Waals surface area contributed by atoms with E-state index in [0.29, 0.717) is 6.42 Å². The Morgan fingerprint density at radius 3 is 1.16 bits per heavy atom. The van der Waals surface area contributed by atoms with Crippen molar-refractivity contribution in [2.75, 3.05) is 0 Å². The maximum atomic E-state index is 12.2. The molecule has 0 saturated heterocycles. The average molecular weight is 536 g/mol. The molecule has 1 atom stereocenters. The summed E-state index contributed by atoms with van der Waals surface area (Å²) in [5.74, 6) is -0.128. The maximum Gasteiger partial charge on any atom is 0.306 e. The minimum atomic E-state index is -0.264. The van der Waals surface area contributed by atoms with E-state index in [2.05, 4.69) is 13.8 Å². The monoisotopic (exact) mass is 536 g/mol. The van der Waals surface area contributed by atoms with Gasteiger partial charge in [-0.2, -0.15) is 0 Å². The van der Waals surface area contributed by atoms with E-state index in [0.717, 1.165) is 25.7 Å². The molecule has 1 radical (unpaired) electrons. The van der Waals surface area contributed by atoms with Gasteiger partial charge in [-0.15, -0.1) is 0 Å². The fraction of sp³-hybridized carbons (Fsp3) is 0.943. The number of unbranched alkanes of at least 4 members (excludes halogenated alkanes) is 25. The van der Waals surface area contributed by atoms with Crippen LogP contribution in [0.3, 0.4) is 0 Å². The molecule has 0 aromatic rings. The van der Waals surface area contributed by atoms with Crippen LogP contribution in [0.25, 0.3) is 0 Å². The predicted octanol–water partition coefficient (Wildman–Crippen LogP) is 11.8. The van der Waals surface area contributed by atoms with Gasteiger partial charge in [0.25, 0.3) is 0 Å². The van der Waals surface area contributed by atoms with Gasteiger partial charge in [-0.05, 0) is 19.3 Å². The standard InChI is InChI=1S/C35H67O3/c1-3-5-7-9-11-13-14-15-16-17-18-19-20-21-22-23-25-27-29-31-35(37)38-34(32-33-36)30-28-26-24-12-10-8-6-4-2/h34H,3-32H2,1-2H3. The molecule has 0 aliphatic rings. The van der Waals surface area contributed by atoms with E-state index < -0.39 is 0 Å². The minimum Gasteiger partial charge on any atom is -0.462 e. The van der Waals surface area contributed by atoms with Crippen LogP contribution in [0.2, 0.25) is 0 Å². The summed E-state index contributed by atoms with van der Waals surface area (Å²) in [7, 11) is 0. The normalized spacial score (nSPS) is 12.1. The van der Waals surface area contributed by atoms with E-state index in [1.807, 2.05) is 6.29 Å². The Labute approximate surface area is 239 Å². The third-order valence-electron chi connectivity index (χ3n) is 7.97. The van der Waals surface area contributed by atoms with Gasteiger partial charge in [0.05, 0.1) is 6.42 Å². The lowest BCUT2D eigenvalue weighted by Crippen LogP contribution is -2.18. The van der Waals surface area contributed by atoms with Crippen molar-refractivity contribution in [3.8, 4) is 0 Å². The number of hydrogen-bond acceptors (Lipinski definition) is 3. The molecule has 0 aliphatic heterocycles. The number of esters is 1. The molecule has 0 heterocycles. The van der Waals surface area contributed by atoms with Crippen molar-refractivity contribution in [1.82, 2.24) is 0 Å². The van der Waals surface area contributed by atoms with Crippen LogP contribution in [-0.2, 0) is 14.3 Å². The van der Waals surface area contributed by atoms with Gasteiger partial charge in [0.2, 0.25) is 6.29 Å². The number of hydrogen-bond donors (Lipinski definition) is 0. The Bertz CT molecular complexity index is 476. The lowest BCUT2D eigenvalue weighted by Gasteiger charge is -2.15. The topological polar surface area (TPSA) is 43.4 Å². The summed E-state index contributed by atoms with van der Waals surface area (Å²) >= 11 is 0. The second-order valence-electron chi connectivity index (χ2n) is 11.8. The fourth-order valence-corrected chi connectivity index (χ4v) is 5.39. The Morgan fingerprint density at radius 2 is 0.816 bits per heavy atom. The van der Waals surface area contributed by atoms with Crippen molar-refractivity contribution in [1.29, 1.82) is 0 Å². The second kappa shape index (κ2) is 32.4. The van der Waals surface area contributed by atoms with Crippen LogP contribution >= 0.6 is 0 Å². The zero-order chi connectivity index (χ0) is 27.8. The molecular weight excluding hydrogens is 468 g/mol. The van der Waals surface area contributed by atoms with E-state index in [9.17, 15) is 9.59 Å². The highest BCUT2D eigenvalue weighted by Gasteiger charge is 2.14. The largest absolute Gasteiger partial charge is 0.462 e. The maximum absolute atomic E-state index is 12.2. The molecule has 0 fully saturated rings. The van der Waals surface area contributed by atoms with Gasteiger partial charge >= 0.3 is 5.97 Å². The molecule has 225 valence electrons. The molecule has 1 unspecified atom stereocenters. The van der Waals surface area contributed by atoms with Crippen LogP contribution in [0.1, 0.15) is 206 Å². The van der Waals surface area contributed by atoms with Crippen molar-refractivity contribution < 1.29 is 14.3 Å². The van der Waals surface area contributed by atoms with Crippen LogP contribution in [0, 0.1) is 0 Å². The molecule has 0 amide bonds. The first-order valence-electron chi connectivity index (χ1n) is 17.3. The van der Waals surface area contributed by atoms with Crippen LogP contribution in [0.15, 0.2) is 0 Å². The quantitative estimate of drug-likeness (QED) is 0.0635. The average Bonchev–Trinajstić information content (AvgIpc) is 2.91. The number of carbonyl (C=O) groups is 1. The summed E-state index contributed by atoms with van der Waals surface area (Å²) in [6, 6.07) is 0. The third-order valence-corrected chi connectivity index (χ3v) is 7.97. The molecule has 0 spiro atoms. The highest BCUT2D eigenvalue weighted by molar-refractivity contribution is 5.69. The van der Waals surface area contributed by atoms with E-state index in [1.165, 1.54) is 154 Å². The van der Waals surface area contributed by atoms with Crippen molar-refractivity contribution in [2.24, 2.45) is 0 Å². The summed E-state index contributed by atoms with van der Waals surface area (Å²) in [5, 5.41) is 0. The van der Waals surface area contributed by atoms with Gasteiger partial charge in [-0.1, -0.05) is 174 Å². The molecule has 3 nitrogen and oxygen atoms in total. The van der Waals surface area contributed by atoms with Crippen LogP contribution in [-0.4, -0.2) is 18.4 Å². The molecule has 0 saturated carbocycles. The van der Waals surface area contributed by atoms with Gasteiger partial charge < -0.3 is 4.74 Å². The number of rotatable bonds is 32. The third kappa shape index (κ3) is 29.7. The highest BCUT2D eigenvalue weighted by Crippen LogP contribution is 2.16. The zero-order valence-corrected chi connectivity index (χ0v) is 26.0. The van der Waals surface area contributed by atoms with Gasteiger partial charge in [-0.25, -0.2) is 0 Å². The molecule has 0 rings (SSSR count). The van der Waals surface area contributed by atoms with Gasteiger partial charge in [0, 0.05) is 6.42 Å². The fourth-order valence-electron chi connectivity index (χ4n) is 5.39. The first kappa shape index (κ1) is 37.1. The summed E-state index contributed by atoms with van der Waals surface area (Å²) in [6.07, 6.45) is 39.0. The minimum absolute atomic E-state index is 0.128. The van der Waals surface area contributed by atoms with Crippen LogP contribution in [0.4, 0.5) is 0 Å². The Morgan fingerprint density at radius 1 is 0.500 bits per heavy atom. The summed E-state index contributed by atoms with van der Waals surface area (Å²) in [6.45, 7) is 4.53. The van der Waals surface area contributed by atoms with Crippen molar-refractivity contribution >= 4 is 12.3 Å². The van der Waals surface area contributed by atoms with E-state index in [-0.39, 0.29) is 18.5 Å². The smallest absolute Gasteiger partial charge is 0.306 e. The lowest BCUT2D eigenvalue weighted by molar-refractivity contribution is -0.149. The molecule has 0 bridgehead atoms. The molecule has 38 heavy (non-hydrogen) atoms. The Balaban J connectivity index is 3.43. The summed E-state index contributed by atoms with van der Waals surface area (Å²) in [4.78, 5) is 23.1. The Kier molecular flexibility index (Phi) is 31.6. The number of carbonyl (C=O) groups excluding carboxylic acids is 2. The first-order chi connectivity index (χ1) is 18.7. The highest BCUT2D eigenvalue weighted by atomic mass is 16.5. The SMILES string of the molecule is CCCCCCCCCCCCCCCCCCCCCC(=O)OC(C[C]=O)CCCCCCCCCC. The molecule has 0 aromatic heterocycles. The van der Waals surface area contributed by atoms with E-state index in [4.69, 9.17) is 4.74 Å². The van der Waals surface area contributed by atoms with Crippen molar-refractivity contribution in [3.05, 3.63) is 0 Å². The second-order valence-corrected chi connectivity index (χ2v) is 11.8. The van der Waals surface area contributed by atoms with Crippen molar-refractivity contribution in [2.45, 2.75) is 213 Å². The van der Waals surface area contributed by atoms with E-state index in [1.54, 1.807) is 0 Å². The molecular formula is C35H67O3. The summed E-state index contributed by atoms with van der Waals surface area (Å²) in [5.41, 5.74) is 0. The first-order valence-corrected chi connectivity index (χ1v) is 17.3. The van der Waals surface area contributed by atoms with Gasteiger partial charge in [0.15, 0.2) is 0 Å². The summed E-state index contributed by atoms with van der Waals surface area (Å²) < 4.78 is 5.59. The molecule has 0 aromatic carbocycles. The molecule has 0 aliphatic carbocycles. The Hall–Kier alpha value is -0.860. The van der Waals surface area contributed by atoms with Crippen LogP contribution < -0.4 is 0 Å². The molecule has 3 heteroatoms. The predicted molar refractivity (Wildman–Crippen MR) is 165 cm³/mol. The van der Waals surface area contributed by atoms with Gasteiger partial charge in [0.1, 0.15) is 6.10 Å². The zero-order valence-electron chi connectivity index (χ0n) is 26.0. The lowest BCUT2D eigenvalue weighted by atomic mass is 10.0. The number of ether oxygens (including phenoxy) is 1. The van der Waals surface area contributed by atoms with Crippen LogP contribution in [0.5, 0.6) is 0 Å².